The summed E-state index contributed by atoms with van der Waals surface area (Å²) in [6.07, 6.45) is -0.302. The van der Waals surface area contributed by atoms with E-state index in [0.717, 1.165) is 21.9 Å². The highest BCUT2D eigenvalue weighted by atomic mass is 16.3. The van der Waals surface area contributed by atoms with Crippen LogP contribution in [0.4, 0.5) is 5.69 Å². The molecule has 4 heteroatoms. The van der Waals surface area contributed by atoms with Crippen molar-refractivity contribution >= 4 is 28.2 Å². The van der Waals surface area contributed by atoms with Crippen molar-refractivity contribution in [3.63, 3.8) is 0 Å². The number of anilines is 1. The molecule has 1 atom stereocenters. The van der Waals surface area contributed by atoms with E-state index in [9.17, 15) is 14.7 Å². The van der Waals surface area contributed by atoms with Crippen LogP contribution in [0.1, 0.15) is 54.2 Å². The SMILES string of the molecule is CC(C)(C)c1ccc(C(=O)C[C@@]2(O)C(=O)N(Cc3cccc4ccccc34)c3ccccc32)cc1. The molecule has 0 fully saturated rings. The maximum Gasteiger partial charge on any atom is 0.264 e. The molecule has 4 aromatic carbocycles. The van der Waals surface area contributed by atoms with E-state index in [1.807, 2.05) is 66.7 Å². The van der Waals surface area contributed by atoms with Gasteiger partial charge in [-0.15, -0.1) is 0 Å². The molecule has 176 valence electrons. The first kappa shape index (κ1) is 23.0. The van der Waals surface area contributed by atoms with E-state index in [2.05, 4.69) is 20.8 Å². The average Bonchev–Trinajstić information content (AvgIpc) is 3.05. The van der Waals surface area contributed by atoms with Gasteiger partial charge in [-0.05, 0) is 33.4 Å². The predicted octanol–water partition coefficient (Wildman–Crippen LogP) is 6.14. The van der Waals surface area contributed by atoms with E-state index in [1.165, 1.54) is 0 Å². The largest absolute Gasteiger partial charge is 0.375 e. The van der Waals surface area contributed by atoms with E-state index < -0.39 is 11.5 Å². The van der Waals surface area contributed by atoms with Crippen molar-refractivity contribution < 1.29 is 14.7 Å². The van der Waals surface area contributed by atoms with Crippen LogP contribution >= 0.6 is 0 Å². The number of carbonyl (C=O) groups is 2. The van der Waals surface area contributed by atoms with E-state index in [0.29, 0.717) is 23.4 Å². The molecule has 0 aromatic heterocycles. The molecule has 4 nitrogen and oxygen atoms in total. The molecule has 0 radical (unpaired) electrons. The van der Waals surface area contributed by atoms with Crippen molar-refractivity contribution in [2.75, 3.05) is 4.90 Å². The zero-order valence-electron chi connectivity index (χ0n) is 20.3. The maximum atomic E-state index is 13.7. The number of aliphatic hydroxyl groups is 1. The highest BCUT2D eigenvalue weighted by Crippen LogP contribution is 2.44. The standard InChI is InChI=1S/C31H29NO3/c1-30(2,3)24-17-15-22(16-18-24)28(33)19-31(35)26-13-6-7-14-27(26)32(29(31)34)20-23-11-8-10-21-9-4-5-12-25(21)23/h4-18,35H,19-20H2,1-3H3/t31-/m0/s1. The lowest BCUT2D eigenvalue weighted by atomic mass is 9.85. The van der Waals surface area contributed by atoms with Gasteiger partial charge in [-0.3, -0.25) is 9.59 Å². The molecule has 5 rings (SSSR count). The molecule has 0 unspecified atom stereocenters. The first-order valence-electron chi connectivity index (χ1n) is 11.9. The summed E-state index contributed by atoms with van der Waals surface area (Å²) in [5, 5.41) is 13.8. The molecule has 1 aliphatic rings. The van der Waals surface area contributed by atoms with Gasteiger partial charge in [-0.25, -0.2) is 0 Å². The Bertz CT molecular complexity index is 1430. The summed E-state index contributed by atoms with van der Waals surface area (Å²) in [5.41, 5.74) is 1.79. The fourth-order valence-corrected chi connectivity index (χ4v) is 4.93. The molecule has 1 aliphatic heterocycles. The Labute approximate surface area is 205 Å². The minimum absolute atomic E-state index is 0.0255. The molecule has 0 bridgehead atoms. The number of amides is 1. The highest BCUT2D eigenvalue weighted by molar-refractivity contribution is 6.11. The third kappa shape index (κ3) is 4.04. The molecular formula is C31H29NO3. The van der Waals surface area contributed by atoms with Crippen LogP contribution in [0.25, 0.3) is 10.8 Å². The number of fused-ring (bicyclic) bond motifs is 2. The topological polar surface area (TPSA) is 57.6 Å². The van der Waals surface area contributed by atoms with Crippen molar-refractivity contribution in [1.82, 2.24) is 0 Å². The van der Waals surface area contributed by atoms with Crippen molar-refractivity contribution in [2.24, 2.45) is 0 Å². The number of nitrogens with zero attached hydrogens (tertiary/aromatic N) is 1. The summed E-state index contributed by atoms with van der Waals surface area (Å²) in [6.45, 7) is 6.66. The zero-order chi connectivity index (χ0) is 24.8. The minimum Gasteiger partial charge on any atom is -0.375 e. The van der Waals surface area contributed by atoms with Crippen LogP contribution in [0.15, 0.2) is 91.0 Å². The number of hydrogen-bond donors (Lipinski definition) is 1. The molecule has 0 spiro atoms. The van der Waals surface area contributed by atoms with Gasteiger partial charge in [0.25, 0.3) is 5.91 Å². The molecule has 1 heterocycles. The minimum atomic E-state index is -1.90. The fraction of sp³-hybridized carbons (Fsp3) is 0.226. The third-order valence-electron chi connectivity index (χ3n) is 6.94. The van der Waals surface area contributed by atoms with Gasteiger partial charge < -0.3 is 10.0 Å². The monoisotopic (exact) mass is 463 g/mol. The Balaban J connectivity index is 1.47. The van der Waals surface area contributed by atoms with Gasteiger partial charge in [0.15, 0.2) is 11.4 Å². The number of para-hydroxylation sites is 1. The summed E-state index contributed by atoms with van der Waals surface area (Å²) < 4.78 is 0. The summed E-state index contributed by atoms with van der Waals surface area (Å²) >= 11 is 0. The van der Waals surface area contributed by atoms with Crippen LogP contribution in [0, 0.1) is 0 Å². The van der Waals surface area contributed by atoms with Gasteiger partial charge >= 0.3 is 0 Å². The molecule has 0 saturated carbocycles. The molecule has 4 aromatic rings. The second kappa shape index (κ2) is 8.47. The first-order chi connectivity index (χ1) is 16.7. The van der Waals surface area contributed by atoms with E-state index in [4.69, 9.17) is 0 Å². The Kier molecular flexibility index (Phi) is 5.57. The molecular weight excluding hydrogens is 434 g/mol. The second-order valence-corrected chi connectivity index (χ2v) is 10.3. The smallest absolute Gasteiger partial charge is 0.264 e. The fourth-order valence-electron chi connectivity index (χ4n) is 4.93. The Morgan fingerprint density at radius 2 is 1.51 bits per heavy atom. The van der Waals surface area contributed by atoms with Gasteiger partial charge in [0.1, 0.15) is 0 Å². The van der Waals surface area contributed by atoms with Crippen molar-refractivity contribution in [3.8, 4) is 0 Å². The zero-order valence-corrected chi connectivity index (χ0v) is 20.3. The quantitative estimate of drug-likeness (QED) is 0.362. The lowest BCUT2D eigenvalue weighted by Gasteiger charge is -2.23. The lowest BCUT2D eigenvalue weighted by molar-refractivity contribution is -0.136. The van der Waals surface area contributed by atoms with Gasteiger partial charge in [0.2, 0.25) is 0 Å². The van der Waals surface area contributed by atoms with Crippen LogP contribution in [0.3, 0.4) is 0 Å². The highest BCUT2D eigenvalue weighted by Gasteiger charge is 2.50. The predicted molar refractivity (Wildman–Crippen MR) is 140 cm³/mol. The van der Waals surface area contributed by atoms with Crippen molar-refractivity contribution in [1.29, 1.82) is 0 Å². The van der Waals surface area contributed by atoms with Gasteiger partial charge in [0, 0.05) is 11.1 Å². The molecule has 0 aliphatic carbocycles. The normalized spacial score (nSPS) is 17.6. The summed E-state index contributed by atoms with van der Waals surface area (Å²) in [6, 6.07) is 28.7. The van der Waals surface area contributed by atoms with Gasteiger partial charge in [0.05, 0.1) is 18.7 Å². The number of rotatable bonds is 5. The van der Waals surface area contributed by atoms with Crippen LogP contribution in [-0.2, 0) is 22.4 Å². The molecule has 1 N–H and O–H groups in total. The van der Waals surface area contributed by atoms with Crippen LogP contribution < -0.4 is 4.90 Å². The second-order valence-electron chi connectivity index (χ2n) is 10.3. The molecule has 35 heavy (non-hydrogen) atoms. The number of Topliss-reactive ketones (excluding diaryl/α,β-unsaturated/α-hetero) is 1. The Morgan fingerprint density at radius 3 is 2.26 bits per heavy atom. The average molecular weight is 464 g/mol. The van der Waals surface area contributed by atoms with Gasteiger partial charge in [-0.1, -0.05) is 106 Å². The Hall–Kier alpha value is -3.76. The third-order valence-corrected chi connectivity index (χ3v) is 6.94. The Morgan fingerprint density at radius 1 is 0.857 bits per heavy atom. The number of hydrogen-bond acceptors (Lipinski definition) is 3. The summed E-state index contributed by atoms with van der Waals surface area (Å²) in [7, 11) is 0. The van der Waals surface area contributed by atoms with E-state index in [1.54, 1.807) is 29.2 Å². The maximum absolute atomic E-state index is 13.7. The van der Waals surface area contributed by atoms with Crippen LogP contribution in [0.5, 0.6) is 0 Å². The van der Waals surface area contributed by atoms with E-state index in [-0.39, 0.29) is 17.6 Å². The first-order valence-corrected chi connectivity index (χ1v) is 11.9. The van der Waals surface area contributed by atoms with Crippen LogP contribution in [0.2, 0.25) is 0 Å². The summed E-state index contributed by atoms with van der Waals surface area (Å²) in [5.74, 6) is -0.727. The van der Waals surface area contributed by atoms with E-state index >= 15 is 0 Å². The molecule has 1 amide bonds. The lowest BCUT2D eigenvalue weighted by Crippen LogP contribution is -2.41. The van der Waals surface area contributed by atoms with Crippen LogP contribution in [-0.4, -0.2) is 16.8 Å². The number of benzene rings is 4. The van der Waals surface area contributed by atoms with Crippen molar-refractivity contribution in [3.05, 3.63) is 113 Å². The number of ketones is 1. The van der Waals surface area contributed by atoms with Gasteiger partial charge in [-0.2, -0.15) is 0 Å². The summed E-state index contributed by atoms with van der Waals surface area (Å²) in [4.78, 5) is 28.5. The molecule has 0 saturated heterocycles. The number of carbonyl (C=O) groups excluding carboxylic acids is 2. The van der Waals surface area contributed by atoms with Crippen molar-refractivity contribution in [2.45, 2.75) is 44.8 Å².